The van der Waals surface area contributed by atoms with Gasteiger partial charge in [0.05, 0.1) is 12.8 Å². The Kier molecular flexibility index (Phi) is 2.81. The average molecular weight is 223 g/mol. The maximum absolute atomic E-state index is 13.1. The van der Waals surface area contributed by atoms with E-state index in [1.165, 1.54) is 19.2 Å². The van der Waals surface area contributed by atoms with Crippen molar-refractivity contribution in [2.45, 2.75) is 25.8 Å². The fourth-order valence-corrected chi connectivity index (χ4v) is 2.10. The molecule has 0 aromatic heterocycles. The number of benzene rings is 1. The normalized spacial score (nSPS) is 19.2. The summed E-state index contributed by atoms with van der Waals surface area (Å²) in [5.74, 6) is -0.266. The molecule has 1 aliphatic rings. The number of fused-ring (bicyclic) bond motifs is 1. The van der Waals surface area contributed by atoms with E-state index in [1.807, 2.05) is 6.92 Å². The van der Waals surface area contributed by atoms with Gasteiger partial charge in [-0.05, 0) is 43.5 Å². The SMILES string of the molecule is COC(=O)N1c2ccc(F)cc2CC[C@@H]1C. The van der Waals surface area contributed by atoms with E-state index < -0.39 is 0 Å². The molecule has 1 aromatic rings. The Hall–Kier alpha value is -1.58. The largest absolute Gasteiger partial charge is 0.452 e. The first kappa shape index (κ1) is 10.9. The van der Waals surface area contributed by atoms with Gasteiger partial charge >= 0.3 is 6.09 Å². The zero-order chi connectivity index (χ0) is 11.7. The van der Waals surface area contributed by atoms with Gasteiger partial charge in [0.2, 0.25) is 0 Å². The van der Waals surface area contributed by atoms with E-state index in [2.05, 4.69) is 0 Å². The standard InChI is InChI=1S/C12H14FNO2/c1-8-3-4-9-7-10(13)5-6-11(9)14(8)12(15)16-2/h5-8H,3-4H2,1-2H3/t8-/m0/s1. The molecule has 1 aromatic carbocycles. The molecule has 4 heteroatoms. The number of carbonyl (C=O) groups excluding carboxylic acids is 1. The van der Waals surface area contributed by atoms with Crippen molar-refractivity contribution in [3.63, 3.8) is 0 Å². The molecule has 86 valence electrons. The van der Waals surface area contributed by atoms with E-state index in [9.17, 15) is 9.18 Å². The zero-order valence-electron chi connectivity index (χ0n) is 9.37. The molecule has 0 aliphatic carbocycles. The lowest BCUT2D eigenvalue weighted by Gasteiger charge is -2.33. The van der Waals surface area contributed by atoms with Gasteiger partial charge in [-0.2, -0.15) is 0 Å². The van der Waals surface area contributed by atoms with Gasteiger partial charge in [-0.15, -0.1) is 0 Å². The lowest BCUT2D eigenvalue weighted by Crippen LogP contribution is -2.42. The topological polar surface area (TPSA) is 29.5 Å². The van der Waals surface area contributed by atoms with Crippen molar-refractivity contribution in [1.29, 1.82) is 0 Å². The molecule has 1 atom stereocenters. The lowest BCUT2D eigenvalue weighted by atomic mass is 9.97. The monoisotopic (exact) mass is 223 g/mol. The average Bonchev–Trinajstić information content (AvgIpc) is 2.28. The summed E-state index contributed by atoms with van der Waals surface area (Å²) in [4.78, 5) is 13.2. The minimum Gasteiger partial charge on any atom is -0.452 e. The Balaban J connectivity index is 2.44. The van der Waals surface area contributed by atoms with Crippen LogP contribution in [0.15, 0.2) is 18.2 Å². The van der Waals surface area contributed by atoms with Crippen molar-refractivity contribution in [1.82, 2.24) is 0 Å². The van der Waals surface area contributed by atoms with Gasteiger partial charge in [0.25, 0.3) is 0 Å². The van der Waals surface area contributed by atoms with Gasteiger partial charge in [0.15, 0.2) is 0 Å². The molecule has 1 heterocycles. The number of rotatable bonds is 0. The number of halogens is 1. The van der Waals surface area contributed by atoms with E-state index in [1.54, 1.807) is 11.0 Å². The summed E-state index contributed by atoms with van der Waals surface area (Å²) in [5.41, 5.74) is 1.62. The minimum absolute atomic E-state index is 0.0883. The second-order valence-corrected chi connectivity index (χ2v) is 4.00. The van der Waals surface area contributed by atoms with Crippen LogP contribution in [-0.2, 0) is 11.2 Å². The molecular formula is C12H14FNO2. The number of hydrogen-bond donors (Lipinski definition) is 0. The third-order valence-corrected chi connectivity index (χ3v) is 2.94. The fourth-order valence-electron chi connectivity index (χ4n) is 2.10. The second-order valence-electron chi connectivity index (χ2n) is 4.00. The zero-order valence-corrected chi connectivity index (χ0v) is 9.37. The predicted octanol–water partition coefficient (Wildman–Crippen LogP) is 2.73. The number of anilines is 1. The van der Waals surface area contributed by atoms with Crippen molar-refractivity contribution in [2.75, 3.05) is 12.0 Å². The number of carbonyl (C=O) groups is 1. The molecule has 1 aliphatic heterocycles. The van der Waals surface area contributed by atoms with Crippen LogP contribution in [0.4, 0.5) is 14.9 Å². The molecule has 0 radical (unpaired) electrons. The van der Waals surface area contributed by atoms with Crippen molar-refractivity contribution in [3.05, 3.63) is 29.6 Å². The predicted molar refractivity (Wildman–Crippen MR) is 59.1 cm³/mol. The number of ether oxygens (including phenoxy) is 1. The molecule has 0 saturated heterocycles. The highest BCUT2D eigenvalue weighted by molar-refractivity contribution is 5.89. The van der Waals surface area contributed by atoms with Gasteiger partial charge in [-0.3, -0.25) is 4.90 Å². The van der Waals surface area contributed by atoms with Crippen LogP contribution >= 0.6 is 0 Å². The molecule has 0 N–H and O–H groups in total. The highest BCUT2D eigenvalue weighted by atomic mass is 19.1. The molecule has 0 bridgehead atoms. The van der Waals surface area contributed by atoms with Gasteiger partial charge in [-0.25, -0.2) is 9.18 Å². The minimum atomic E-state index is -0.389. The van der Waals surface area contributed by atoms with Gasteiger partial charge < -0.3 is 4.74 Å². The Morgan fingerprint density at radius 1 is 1.56 bits per heavy atom. The highest BCUT2D eigenvalue weighted by Crippen LogP contribution is 2.31. The summed E-state index contributed by atoms with van der Waals surface area (Å²) in [5, 5.41) is 0. The van der Waals surface area contributed by atoms with E-state index in [4.69, 9.17) is 4.74 Å². The van der Waals surface area contributed by atoms with Gasteiger partial charge in [0.1, 0.15) is 5.82 Å². The van der Waals surface area contributed by atoms with Crippen LogP contribution in [-0.4, -0.2) is 19.2 Å². The number of nitrogens with zero attached hydrogens (tertiary/aromatic N) is 1. The van der Waals surface area contributed by atoms with Crippen molar-refractivity contribution < 1.29 is 13.9 Å². The maximum atomic E-state index is 13.1. The van der Waals surface area contributed by atoms with Crippen molar-refractivity contribution in [2.24, 2.45) is 0 Å². The molecule has 0 unspecified atom stereocenters. The fraction of sp³-hybridized carbons (Fsp3) is 0.417. The van der Waals surface area contributed by atoms with Crippen LogP contribution in [0.3, 0.4) is 0 Å². The summed E-state index contributed by atoms with van der Waals surface area (Å²) in [6.07, 6.45) is 1.23. The molecule has 1 amide bonds. The number of aryl methyl sites for hydroxylation is 1. The van der Waals surface area contributed by atoms with E-state index in [-0.39, 0.29) is 18.0 Å². The quantitative estimate of drug-likeness (QED) is 0.676. The third-order valence-electron chi connectivity index (χ3n) is 2.94. The Morgan fingerprint density at radius 3 is 3.00 bits per heavy atom. The van der Waals surface area contributed by atoms with E-state index >= 15 is 0 Å². The Labute approximate surface area is 93.8 Å². The van der Waals surface area contributed by atoms with Crippen LogP contribution < -0.4 is 4.90 Å². The number of methoxy groups -OCH3 is 1. The van der Waals surface area contributed by atoms with Crippen molar-refractivity contribution >= 4 is 11.8 Å². The smallest absolute Gasteiger partial charge is 0.414 e. The maximum Gasteiger partial charge on any atom is 0.414 e. The van der Waals surface area contributed by atoms with E-state index in [0.717, 1.165) is 24.1 Å². The first-order valence-electron chi connectivity index (χ1n) is 5.29. The first-order chi connectivity index (χ1) is 7.63. The first-order valence-corrected chi connectivity index (χ1v) is 5.29. The van der Waals surface area contributed by atoms with Gasteiger partial charge in [0, 0.05) is 6.04 Å². The third kappa shape index (κ3) is 1.75. The molecule has 3 nitrogen and oxygen atoms in total. The summed E-state index contributed by atoms with van der Waals surface area (Å²) in [6.45, 7) is 1.96. The van der Waals surface area contributed by atoms with Crippen molar-refractivity contribution in [3.8, 4) is 0 Å². The molecular weight excluding hydrogens is 209 g/mol. The van der Waals surface area contributed by atoms with Crippen LogP contribution in [0, 0.1) is 5.82 Å². The Morgan fingerprint density at radius 2 is 2.31 bits per heavy atom. The number of amides is 1. The molecule has 0 saturated carbocycles. The van der Waals surface area contributed by atoms with E-state index in [0.29, 0.717) is 0 Å². The van der Waals surface area contributed by atoms with Crippen LogP contribution in [0.2, 0.25) is 0 Å². The lowest BCUT2D eigenvalue weighted by molar-refractivity contribution is 0.175. The molecule has 0 spiro atoms. The Bertz CT molecular complexity index is 419. The summed E-state index contributed by atoms with van der Waals surface area (Å²) in [6, 6.07) is 4.58. The summed E-state index contributed by atoms with van der Waals surface area (Å²) >= 11 is 0. The molecule has 0 fully saturated rings. The highest BCUT2D eigenvalue weighted by Gasteiger charge is 2.28. The second kappa shape index (κ2) is 4.12. The van der Waals surface area contributed by atoms with Gasteiger partial charge in [-0.1, -0.05) is 0 Å². The number of hydrogen-bond acceptors (Lipinski definition) is 2. The van der Waals surface area contributed by atoms with Crippen LogP contribution in [0.1, 0.15) is 18.9 Å². The van der Waals surface area contributed by atoms with Crippen LogP contribution in [0.5, 0.6) is 0 Å². The molecule has 2 rings (SSSR count). The summed E-state index contributed by atoms with van der Waals surface area (Å²) < 4.78 is 17.8. The summed E-state index contributed by atoms with van der Waals surface area (Å²) in [7, 11) is 1.35. The van der Waals surface area contributed by atoms with Crippen LogP contribution in [0.25, 0.3) is 0 Å². The molecule has 16 heavy (non-hydrogen) atoms.